The summed E-state index contributed by atoms with van der Waals surface area (Å²) in [6.45, 7) is 2.07. The first-order chi connectivity index (χ1) is 13.2. The highest BCUT2D eigenvalue weighted by atomic mass is 35.5. The van der Waals surface area contributed by atoms with Gasteiger partial charge >= 0.3 is 12.2 Å². The molecular formula is C21H26ClF3N2O. The van der Waals surface area contributed by atoms with E-state index in [1.165, 1.54) is 19.3 Å². The number of rotatable bonds is 4. The van der Waals surface area contributed by atoms with Gasteiger partial charge in [0, 0.05) is 6.04 Å². The van der Waals surface area contributed by atoms with E-state index < -0.39 is 17.8 Å². The van der Waals surface area contributed by atoms with Crippen LogP contribution in [0.25, 0.3) is 0 Å². The maximum absolute atomic E-state index is 13.0. The third-order valence-corrected chi connectivity index (χ3v) is 7.41. The van der Waals surface area contributed by atoms with Gasteiger partial charge in [-0.3, -0.25) is 0 Å². The minimum Gasteiger partial charge on any atom is -0.335 e. The minimum atomic E-state index is -4.48. The average Bonchev–Trinajstić information content (AvgIpc) is 2.59. The number of carbonyl (C=O) groups excluding carboxylic acids is 1. The summed E-state index contributed by atoms with van der Waals surface area (Å²) >= 11 is 6.01. The second-order valence-electron chi connectivity index (χ2n) is 9.03. The van der Waals surface area contributed by atoms with E-state index in [1.54, 1.807) is 0 Å². The van der Waals surface area contributed by atoms with Crippen LogP contribution in [0.4, 0.5) is 23.7 Å². The van der Waals surface area contributed by atoms with Gasteiger partial charge in [-0.2, -0.15) is 13.2 Å². The molecule has 1 atom stereocenters. The summed E-state index contributed by atoms with van der Waals surface area (Å²) in [5.41, 5.74) is -0.715. The van der Waals surface area contributed by atoms with Crippen molar-refractivity contribution in [3.8, 4) is 0 Å². The Balaban J connectivity index is 1.47. The van der Waals surface area contributed by atoms with E-state index in [2.05, 4.69) is 17.6 Å². The van der Waals surface area contributed by atoms with Crippen LogP contribution < -0.4 is 10.6 Å². The first kappa shape index (κ1) is 19.9. The maximum Gasteiger partial charge on any atom is 0.416 e. The largest absolute Gasteiger partial charge is 0.416 e. The lowest BCUT2D eigenvalue weighted by Crippen LogP contribution is -2.57. The quantitative estimate of drug-likeness (QED) is 0.582. The number of alkyl halides is 3. The highest BCUT2D eigenvalue weighted by Crippen LogP contribution is 2.61. The van der Waals surface area contributed by atoms with Gasteiger partial charge in [0.25, 0.3) is 0 Å². The molecule has 0 saturated heterocycles. The summed E-state index contributed by atoms with van der Waals surface area (Å²) in [7, 11) is 0. The molecule has 2 N–H and O–H groups in total. The van der Waals surface area contributed by atoms with Crippen molar-refractivity contribution in [1.82, 2.24) is 5.32 Å². The van der Waals surface area contributed by atoms with Gasteiger partial charge in [0.2, 0.25) is 0 Å². The van der Waals surface area contributed by atoms with Crippen molar-refractivity contribution < 1.29 is 18.0 Å². The zero-order valence-electron chi connectivity index (χ0n) is 15.9. The number of anilines is 1. The molecule has 5 rings (SSSR count). The lowest BCUT2D eigenvalue weighted by molar-refractivity contribution is -0.137. The third-order valence-electron chi connectivity index (χ3n) is 7.08. The van der Waals surface area contributed by atoms with Crippen LogP contribution in [0, 0.1) is 23.2 Å². The smallest absolute Gasteiger partial charge is 0.335 e. The van der Waals surface area contributed by atoms with E-state index in [1.807, 2.05) is 0 Å². The van der Waals surface area contributed by atoms with E-state index in [0.717, 1.165) is 61.6 Å². The van der Waals surface area contributed by atoms with E-state index in [0.29, 0.717) is 0 Å². The zero-order valence-corrected chi connectivity index (χ0v) is 16.7. The van der Waals surface area contributed by atoms with Crippen molar-refractivity contribution in [2.45, 2.75) is 64.1 Å². The number of carbonyl (C=O) groups is 1. The average molecular weight is 415 g/mol. The molecule has 0 spiro atoms. The molecule has 0 unspecified atom stereocenters. The Kier molecular flexibility index (Phi) is 5.05. The number of nitrogens with one attached hydrogen (secondary N) is 2. The van der Waals surface area contributed by atoms with Crippen molar-refractivity contribution in [1.29, 1.82) is 0 Å². The monoisotopic (exact) mass is 414 g/mol. The van der Waals surface area contributed by atoms with Crippen molar-refractivity contribution in [2.24, 2.45) is 23.2 Å². The Morgan fingerprint density at radius 1 is 1.18 bits per heavy atom. The number of hydrogen-bond acceptors (Lipinski definition) is 1. The summed E-state index contributed by atoms with van der Waals surface area (Å²) in [6.07, 6.45) is 3.76. The first-order valence-electron chi connectivity index (χ1n) is 10.1. The van der Waals surface area contributed by atoms with Gasteiger partial charge in [0.15, 0.2) is 0 Å². The number of halogens is 4. The Morgan fingerprint density at radius 3 is 2.25 bits per heavy atom. The van der Waals surface area contributed by atoms with Crippen molar-refractivity contribution >= 4 is 23.3 Å². The van der Waals surface area contributed by atoms with E-state index in [4.69, 9.17) is 11.6 Å². The van der Waals surface area contributed by atoms with E-state index in [-0.39, 0.29) is 22.2 Å². The Bertz CT molecular complexity index is 729. The van der Waals surface area contributed by atoms with Crippen LogP contribution in [0.15, 0.2) is 18.2 Å². The molecule has 0 aromatic heterocycles. The predicted octanol–water partition coefficient (Wildman–Crippen LogP) is 6.48. The molecule has 4 fully saturated rings. The molecule has 1 aromatic carbocycles. The van der Waals surface area contributed by atoms with Crippen molar-refractivity contribution in [3.63, 3.8) is 0 Å². The number of benzene rings is 1. The van der Waals surface area contributed by atoms with Crippen LogP contribution in [0.5, 0.6) is 0 Å². The maximum atomic E-state index is 13.0. The van der Waals surface area contributed by atoms with Crippen LogP contribution in [-0.4, -0.2) is 12.1 Å². The third kappa shape index (κ3) is 3.72. The lowest BCUT2D eigenvalue weighted by atomic mass is 9.47. The van der Waals surface area contributed by atoms with Crippen LogP contribution >= 0.6 is 11.6 Å². The molecule has 4 aliphatic carbocycles. The predicted molar refractivity (Wildman–Crippen MR) is 103 cm³/mol. The molecule has 2 amide bonds. The second-order valence-corrected chi connectivity index (χ2v) is 9.44. The van der Waals surface area contributed by atoms with Gasteiger partial charge in [-0.1, -0.05) is 18.5 Å². The van der Waals surface area contributed by atoms with Gasteiger partial charge < -0.3 is 10.6 Å². The van der Waals surface area contributed by atoms with Gasteiger partial charge in [-0.25, -0.2) is 4.79 Å². The van der Waals surface area contributed by atoms with Gasteiger partial charge in [-0.05, 0) is 86.3 Å². The molecule has 0 aliphatic heterocycles. The van der Waals surface area contributed by atoms with Crippen LogP contribution in [-0.2, 0) is 6.18 Å². The molecule has 4 bridgehead atoms. The summed E-state index contributed by atoms with van der Waals surface area (Å²) in [6, 6.07) is 2.51. The molecule has 28 heavy (non-hydrogen) atoms. The SMILES string of the molecule is CC[C@H](NC(=O)Nc1cc(C(F)(F)F)ccc1Cl)C12CC3CC(CC(C3)C1)C2. The van der Waals surface area contributed by atoms with Crippen LogP contribution in [0.2, 0.25) is 5.02 Å². The molecule has 4 aliphatic rings. The van der Waals surface area contributed by atoms with Gasteiger partial charge in [0.05, 0.1) is 16.3 Å². The highest BCUT2D eigenvalue weighted by Gasteiger charge is 2.54. The summed E-state index contributed by atoms with van der Waals surface area (Å²) in [4.78, 5) is 12.6. The standard InChI is InChI=1S/C21H26ClF3N2O/c1-2-18(20-9-12-5-13(10-20)7-14(6-12)11-20)27-19(28)26-17-8-15(21(23,24)25)3-4-16(17)22/h3-4,8,12-14,18H,2,5-7,9-11H2,1H3,(H2,26,27,28)/t12?,13?,14?,18-,20?/m0/s1. The fraction of sp³-hybridized carbons (Fsp3) is 0.667. The molecular weight excluding hydrogens is 389 g/mol. The van der Waals surface area contributed by atoms with E-state index in [9.17, 15) is 18.0 Å². The topological polar surface area (TPSA) is 41.1 Å². The lowest BCUT2D eigenvalue weighted by Gasteiger charge is -2.59. The van der Waals surface area contributed by atoms with Crippen molar-refractivity contribution in [3.05, 3.63) is 28.8 Å². The fourth-order valence-electron chi connectivity index (χ4n) is 6.41. The molecule has 4 saturated carbocycles. The number of hydrogen-bond donors (Lipinski definition) is 2. The molecule has 7 heteroatoms. The number of amides is 2. The van der Waals surface area contributed by atoms with Crippen molar-refractivity contribution in [2.75, 3.05) is 5.32 Å². The van der Waals surface area contributed by atoms with E-state index >= 15 is 0 Å². The molecule has 1 aromatic rings. The normalized spacial score (nSPS) is 32.2. The van der Waals surface area contributed by atoms with Gasteiger partial charge in [0.1, 0.15) is 0 Å². The van der Waals surface area contributed by atoms with Gasteiger partial charge in [-0.15, -0.1) is 0 Å². The summed E-state index contributed by atoms with van der Waals surface area (Å²) < 4.78 is 38.9. The van der Waals surface area contributed by atoms with Crippen LogP contribution in [0.1, 0.15) is 57.4 Å². The molecule has 3 nitrogen and oxygen atoms in total. The Morgan fingerprint density at radius 2 is 1.75 bits per heavy atom. The fourth-order valence-corrected chi connectivity index (χ4v) is 6.57. The zero-order chi connectivity index (χ0) is 20.1. The molecule has 0 heterocycles. The molecule has 154 valence electrons. The first-order valence-corrected chi connectivity index (χ1v) is 10.5. The highest BCUT2D eigenvalue weighted by molar-refractivity contribution is 6.33. The summed E-state index contributed by atoms with van der Waals surface area (Å²) in [5.74, 6) is 2.30. The summed E-state index contributed by atoms with van der Waals surface area (Å²) in [5, 5.41) is 5.69. The minimum absolute atomic E-state index is 0.0191. The number of urea groups is 1. The second kappa shape index (κ2) is 7.12. The Hall–Kier alpha value is -1.43. The Labute approximate surface area is 168 Å². The molecule has 0 radical (unpaired) electrons. The van der Waals surface area contributed by atoms with Crippen LogP contribution in [0.3, 0.4) is 0 Å².